The van der Waals surface area contributed by atoms with E-state index >= 15 is 0 Å². The standard InChI is InChI=1S/C25H26N2O5S/c1-5-25(31)17-9-19-21-13(10-27(19)22(29)15(17)11-32-23(25)30)8-14-16(12-33-24(2,3)4)20(28)7-6-18(14)26-21/h6-9,28,31H,5,10-12H2,1-4H3/t25-/m0/s1. The molecular formula is C25H26N2O5S. The van der Waals surface area contributed by atoms with Gasteiger partial charge in [-0.25, -0.2) is 9.78 Å². The molecule has 0 saturated carbocycles. The number of ether oxygens (including phenoxy) is 1. The summed E-state index contributed by atoms with van der Waals surface area (Å²) in [6, 6.07) is 7.13. The molecule has 2 aliphatic rings. The minimum absolute atomic E-state index is 0.0386. The molecule has 0 amide bonds. The highest BCUT2D eigenvalue weighted by molar-refractivity contribution is 7.99. The minimum atomic E-state index is -1.84. The van der Waals surface area contributed by atoms with Gasteiger partial charge in [-0.3, -0.25) is 4.79 Å². The molecule has 1 atom stereocenters. The van der Waals surface area contributed by atoms with Crippen LogP contribution >= 0.6 is 11.8 Å². The molecule has 0 radical (unpaired) electrons. The van der Waals surface area contributed by atoms with Crippen LogP contribution in [0.15, 0.2) is 29.1 Å². The van der Waals surface area contributed by atoms with Gasteiger partial charge in [0.1, 0.15) is 12.4 Å². The molecule has 2 N–H and O–H groups in total. The van der Waals surface area contributed by atoms with Crippen molar-refractivity contribution in [2.24, 2.45) is 0 Å². The van der Waals surface area contributed by atoms with E-state index in [1.807, 2.05) is 6.07 Å². The van der Waals surface area contributed by atoms with E-state index in [9.17, 15) is 19.8 Å². The monoisotopic (exact) mass is 466 g/mol. The van der Waals surface area contributed by atoms with Gasteiger partial charge in [0.2, 0.25) is 0 Å². The molecule has 5 rings (SSSR count). The molecule has 172 valence electrons. The third-order valence-corrected chi connectivity index (χ3v) is 7.73. The number of aliphatic hydroxyl groups is 1. The Balaban J connectivity index is 1.69. The minimum Gasteiger partial charge on any atom is -0.508 e. The van der Waals surface area contributed by atoms with Gasteiger partial charge < -0.3 is 19.5 Å². The fourth-order valence-electron chi connectivity index (χ4n) is 4.54. The lowest BCUT2D eigenvalue weighted by Gasteiger charge is -2.31. The average molecular weight is 467 g/mol. The van der Waals surface area contributed by atoms with Crippen LogP contribution in [0.2, 0.25) is 0 Å². The van der Waals surface area contributed by atoms with E-state index in [2.05, 4.69) is 20.8 Å². The van der Waals surface area contributed by atoms with E-state index in [0.29, 0.717) is 34.8 Å². The van der Waals surface area contributed by atoms with Crippen LogP contribution in [-0.4, -0.2) is 30.5 Å². The largest absolute Gasteiger partial charge is 0.508 e. The summed E-state index contributed by atoms with van der Waals surface area (Å²) in [5.41, 5.74) is 2.13. The first-order valence-corrected chi connectivity index (χ1v) is 12.0. The molecule has 7 nitrogen and oxygen atoms in total. The number of carbonyl (C=O) groups excluding carboxylic acids is 1. The van der Waals surface area contributed by atoms with Crippen LogP contribution in [0.5, 0.6) is 5.75 Å². The van der Waals surface area contributed by atoms with Crippen molar-refractivity contribution in [3.63, 3.8) is 0 Å². The number of hydrogen-bond acceptors (Lipinski definition) is 7. The van der Waals surface area contributed by atoms with E-state index < -0.39 is 11.6 Å². The summed E-state index contributed by atoms with van der Waals surface area (Å²) >= 11 is 1.74. The van der Waals surface area contributed by atoms with Gasteiger partial charge in [-0.15, -0.1) is 0 Å². The number of aromatic hydroxyl groups is 1. The molecule has 0 bridgehead atoms. The van der Waals surface area contributed by atoms with Crippen LogP contribution in [0.25, 0.3) is 22.3 Å². The number of thioether (sulfide) groups is 1. The molecule has 1 aromatic carbocycles. The molecule has 3 aromatic rings. The number of carbonyl (C=O) groups is 1. The normalized spacial score (nSPS) is 19.2. The number of cyclic esters (lactones) is 1. The zero-order chi connectivity index (χ0) is 23.7. The lowest BCUT2D eigenvalue weighted by Crippen LogP contribution is -2.44. The smallest absolute Gasteiger partial charge is 0.343 e. The quantitative estimate of drug-likeness (QED) is 0.443. The zero-order valence-electron chi connectivity index (χ0n) is 19.1. The Bertz CT molecular complexity index is 1390. The Hall–Kier alpha value is -2.84. The number of nitrogens with zero attached hydrogens (tertiary/aromatic N) is 2. The Morgan fingerprint density at radius 2 is 2.00 bits per heavy atom. The van der Waals surface area contributed by atoms with Crippen molar-refractivity contribution in [2.75, 3.05) is 0 Å². The number of hydrogen-bond donors (Lipinski definition) is 2. The lowest BCUT2D eigenvalue weighted by atomic mass is 9.86. The topological polar surface area (TPSA) is 102 Å². The molecule has 0 unspecified atom stereocenters. The van der Waals surface area contributed by atoms with Crippen molar-refractivity contribution in [3.05, 3.63) is 56.9 Å². The van der Waals surface area contributed by atoms with E-state index in [-0.39, 0.29) is 29.1 Å². The summed E-state index contributed by atoms with van der Waals surface area (Å²) in [6.07, 6.45) is 0.105. The maximum absolute atomic E-state index is 13.3. The fraction of sp³-hybridized carbons (Fsp3) is 0.400. The second-order valence-electron chi connectivity index (χ2n) is 9.63. The van der Waals surface area contributed by atoms with Crippen molar-refractivity contribution < 1.29 is 19.7 Å². The predicted molar refractivity (Wildman–Crippen MR) is 127 cm³/mol. The number of fused-ring (bicyclic) bond motifs is 5. The predicted octanol–water partition coefficient (Wildman–Crippen LogP) is 3.82. The van der Waals surface area contributed by atoms with Gasteiger partial charge in [0, 0.05) is 32.6 Å². The number of phenolic OH excluding ortho intramolecular Hbond substituents is 1. The zero-order valence-corrected chi connectivity index (χ0v) is 19.9. The summed E-state index contributed by atoms with van der Waals surface area (Å²) in [4.78, 5) is 30.5. The molecule has 8 heteroatoms. The van der Waals surface area contributed by atoms with Crippen LogP contribution in [0.1, 0.15) is 56.4 Å². The Labute approximate surface area is 195 Å². The highest BCUT2D eigenvalue weighted by Crippen LogP contribution is 2.40. The first-order valence-electron chi connectivity index (χ1n) is 11.0. The third-order valence-electron chi connectivity index (χ3n) is 6.43. The Morgan fingerprint density at radius 3 is 2.70 bits per heavy atom. The molecule has 2 aromatic heterocycles. The van der Waals surface area contributed by atoms with Crippen molar-refractivity contribution in [2.45, 2.75) is 63.4 Å². The van der Waals surface area contributed by atoms with Gasteiger partial charge in [0.25, 0.3) is 5.56 Å². The van der Waals surface area contributed by atoms with Crippen molar-refractivity contribution in [1.82, 2.24) is 9.55 Å². The van der Waals surface area contributed by atoms with Crippen LogP contribution in [0.4, 0.5) is 0 Å². The number of esters is 1. The number of pyridine rings is 2. The van der Waals surface area contributed by atoms with Gasteiger partial charge in [-0.05, 0) is 30.7 Å². The Kier molecular flexibility index (Phi) is 4.88. The average Bonchev–Trinajstić information content (AvgIpc) is 3.12. The van der Waals surface area contributed by atoms with Crippen LogP contribution in [0.3, 0.4) is 0 Å². The van der Waals surface area contributed by atoms with Gasteiger partial charge >= 0.3 is 5.97 Å². The maximum atomic E-state index is 13.3. The molecule has 2 aliphatic heterocycles. The Morgan fingerprint density at radius 1 is 1.24 bits per heavy atom. The molecule has 33 heavy (non-hydrogen) atoms. The third kappa shape index (κ3) is 3.35. The van der Waals surface area contributed by atoms with Gasteiger partial charge in [-0.2, -0.15) is 11.8 Å². The van der Waals surface area contributed by atoms with E-state index in [1.165, 1.54) is 0 Å². The van der Waals surface area contributed by atoms with E-state index in [4.69, 9.17) is 9.72 Å². The summed E-state index contributed by atoms with van der Waals surface area (Å²) in [5.74, 6) is 0.132. The first kappa shape index (κ1) is 22.0. The van der Waals surface area contributed by atoms with Gasteiger partial charge in [0.05, 0.1) is 29.0 Å². The van der Waals surface area contributed by atoms with Crippen molar-refractivity contribution in [1.29, 1.82) is 0 Å². The summed E-state index contributed by atoms with van der Waals surface area (Å²) in [5, 5.41) is 22.4. The molecule has 0 fully saturated rings. The van der Waals surface area contributed by atoms with Gasteiger partial charge in [0.15, 0.2) is 5.60 Å². The highest BCUT2D eigenvalue weighted by Gasteiger charge is 2.45. The van der Waals surface area contributed by atoms with E-state index in [1.54, 1.807) is 41.5 Å². The van der Waals surface area contributed by atoms with Crippen LogP contribution < -0.4 is 5.56 Å². The SMILES string of the molecule is CC[C@@]1(O)C(=O)OCc2c1cc1n(c2=O)Cc2cc3c(CSC(C)(C)C)c(O)ccc3nc2-1. The molecule has 0 spiro atoms. The number of rotatable bonds is 3. The van der Waals surface area contributed by atoms with Crippen molar-refractivity contribution >= 4 is 28.6 Å². The lowest BCUT2D eigenvalue weighted by molar-refractivity contribution is -0.172. The highest BCUT2D eigenvalue weighted by atomic mass is 32.2. The van der Waals surface area contributed by atoms with Crippen LogP contribution in [-0.2, 0) is 34.0 Å². The van der Waals surface area contributed by atoms with E-state index in [0.717, 1.165) is 22.0 Å². The molecule has 0 aliphatic carbocycles. The number of phenols is 1. The van der Waals surface area contributed by atoms with Crippen LogP contribution in [0, 0.1) is 0 Å². The molecule has 0 saturated heterocycles. The second-order valence-corrected chi connectivity index (χ2v) is 11.4. The number of aromatic nitrogens is 2. The van der Waals surface area contributed by atoms with Gasteiger partial charge in [-0.1, -0.05) is 27.7 Å². The summed E-state index contributed by atoms with van der Waals surface area (Å²) in [7, 11) is 0. The fourth-order valence-corrected chi connectivity index (χ4v) is 5.42. The van der Waals surface area contributed by atoms with Crippen molar-refractivity contribution in [3.8, 4) is 17.1 Å². The maximum Gasteiger partial charge on any atom is 0.343 e. The molecular weight excluding hydrogens is 440 g/mol. The molecule has 4 heterocycles. The summed E-state index contributed by atoms with van der Waals surface area (Å²) in [6.45, 7) is 8.26. The summed E-state index contributed by atoms with van der Waals surface area (Å²) < 4.78 is 6.78. The number of benzene rings is 1. The second kappa shape index (κ2) is 7.33. The first-order chi connectivity index (χ1) is 15.5.